The van der Waals surface area contributed by atoms with Crippen LogP contribution in [-0.4, -0.2) is 26.0 Å². The molecule has 0 saturated carbocycles. The summed E-state index contributed by atoms with van der Waals surface area (Å²) in [6.07, 6.45) is 3.10. The molecular formula is C26H18ClFN4O3. The maximum absolute atomic E-state index is 13.4. The number of carbonyl (C=O) groups is 1. The van der Waals surface area contributed by atoms with Crippen molar-refractivity contribution in [2.45, 2.75) is 6.61 Å². The fraction of sp³-hybridized carbons (Fsp3) is 0.0385. The molecule has 0 fully saturated rings. The monoisotopic (exact) mass is 488 g/mol. The average Bonchev–Trinajstić information content (AvgIpc) is 3.35. The zero-order chi connectivity index (χ0) is 24.4. The van der Waals surface area contributed by atoms with Crippen LogP contribution in [-0.2, 0) is 6.61 Å². The second kappa shape index (κ2) is 9.44. The molecule has 174 valence electrons. The SMILES string of the molecule is O=C(O)c1cc(-c2ccc3ncnc(Nc4ccc(OCc5cccc(F)c5)c(Cl)c4)c3c2)c[nH]1. The third-order valence-corrected chi connectivity index (χ3v) is 5.66. The number of anilines is 2. The van der Waals surface area contributed by atoms with E-state index in [4.69, 9.17) is 16.3 Å². The number of aromatic nitrogens is 3. The molecule has 35 heavy (non-hydrogen) atoms. The van der Waals surface area contributed by atoms with Crippen LogP contribution in [0.1, 0.15) is 16.1 Å². The number of aromatic amines is 1. The molecule has 0 bridgehead atoms. The molecule has 0 aliphatic carbocycles. The standard InChI is InChI=1S/C26H18ClFN4O3/c27-21-11-19(5-7-24(21)35-13-15-2-1-3-18(28)8-15)32-25-20-9-16(4-6-22(20)30-14-31-25)17-10-23(26(33)34)29-12-17/h1-12,14,29H,13H2,(H,33,34)(H,30,31,32). The Morgan fingerprint density at radius 2 is 1.94 bits per heavy atom. The van der Waals surface area contributed by atoms with Gasteiger partial charge < -0.3 is 20.1 Å². The van der Waals surface area contributed by atoms with E-state index in [1.54, 1.807) is 42.6 Å². The number of rotatable bonds is 7. The maximum atomic E-state index is 13.4. The minimum absolute atomic E-state index is 0.108. The molecule has 5 rings (SSSR count). The second-order valence-corrected chi connectivity index (χ2v) is 8.16. The van der Waals surface area contributed by atoms with Crippen LogP contribution in [0.5, 0.6) is 5.75 Å². The number of nitrogens with zero attached hydrogens (tertiary/aromatic N) is 2. The van der Waals surface area contributed by atoms with Crippen molar-refractivity contribution in [3.8, 4) is 16.9 Å². The number of carboxylic acid groups (broad SMARTS) is 1. The van der Waals surface area contributed by atoms with Gasteiger partial charge in [-0.1, -0.05) is 29.8 Å². The molecule has 2 heterocycles. The lowest BCUT2D eigenvalue weighted by Gasteiger charge is -2.12. The predicted octanol–water partition coefficient (Wildman–Crippen LogP) is 6.44. The first-order valence-corrected chi connectivity index (χ1v) is 10.9. The first-order chi connectivity index (χ1) is 17.0. The normalized spacial score (nSPS) is 10.9. The molecule has 0 aliphatic heterocycles. The van der Waals surface area contributed by atoms with Crippen LogP contribution < -0.4 is 10.1 Å². The number of fused-ring (bicyclic) bond motifs is 1. The topological polar surface area (TPSA) is 100 Å². The highest BCUT2D eigenvalue weighted by molar-refractivity contribution is 6.32. The van der Waals surface area contributed by atoms with Crippen LogP contribution in [0, 0.1) is 5.82 Å². The number of benzene rings is 3. The summed E-state index contributed by atoms with van der Waals surface area (Å²) >= 11 is 6.42. The third-order valence-electron chi connectivity index (χ3n) is 5.36. The summed E-state index contributed by atoms with van der Waals surface area (Å²) < 4.78 is 19.1. The Balaban J connectivity index is 1.38. The summed E-state index contributed by atoms with van der Waals surface area (Å²) in [5.74, 6) is -0.313. The van der Waals surface area contributed by atoms with Crippen molar-refractivity contribution < 1.29 is 19.0 Å². The number of nitrogens with one attached hydrogen (secondary N) is 2. The van der Waals surface area contributed by atoms with Crippen LogP contribution in [0.15, 0.2) is 79.3 Å². The molecule has 3 aromatic carbocycles. The van der Waals surface area contributed by atoms with Crippen molar-refractivity contribution in [2.24, 2.45) is 0 Å². The van der Waals surface area contributed by atoms with E-state index in [2.05, 4.69) is 20.3 Å². The summed E-state index contributed by atoms with van der Waals surface area (Å²) in [4.78, 5) is 22.6. The minimum Gasteiger partial charge on any atom is -0.487 e. The number of carboxylic acids is 1. The molecule has 7 nitrogen and oxygen atoms in total. The van der Waals surface area contributed by atoms with E-state index >= 15 is 0 Å². The van der Waals surface area contributed by atoms with Crippen molar-refractivity contribution in [3.05, 3.63) is 101 Å². The van der Waals surface area contributed by atoms with Gasteiger partial charge in [0.25, 0.3) is 0 Å². The van der Waals surface area contributed by atoms with Gasteiger partial charge in [-0.15, -0.1) is 0 Å². The molecule has 0 saturated heterocycles. The minimum atomic E-state index is -1.03. The molecule has 5 aromatic rings. The zero-order valence-corrected chi connectivity index (χ0v) is 18.9. The molecule has 3 N–H and O–H groups in total. The molecule has 2 aromatic heterocycles. The van der Waals surface area contributed by atoms with Crippen molar-refractivity contribution >= 4 is 40.0 Å². The van der Waals surface area contributed by atoms with Crippen LogP contribution in [0.3, 0.4) is 0 Å². The van der Waals surface area contributed by atoms with Gasteiger partial charge in [-0.05, 0) is 59.7 Å². The second-order valence-electron chi connectivity index (χ2n) is 7.75. The summed E-state index contributed by atoms with van der Waals surface area (Å²) in [7, 11) is 0. The molecule has 0 amide bonds. The molecule has 0 spiro atoms. The van der Waals surface area contributed by atoms with Crippen molar-refractivity contribution in [3.63, 3.8) is 0 Å². The highest BCUT2D eigenvalue weighted by atomic mass is 35.5. The molecule has 0 aliphatic rings. The van der Waals surface area contributed by atoms with E-state index in [0.717, 1.165) is 22.0 Å². The molecule has 0 atom stereocenters. The van der Waals surface area contributed by atoms with Gasteiger partial charge in [-0.25, -0.2) is 19.2 Å². The van der Waals surface area contributed by atoms with Crippen molar-refractivity contribution in [2.75, 3.05) is 5.32 Å². The zero-order valence-electron chi connectivity index (χ0n) is 18.1. The van der Waals surface area contributed by atoms with Gasteiger partial charge in [-0.3, -0.25) is 0 Å². The number of ether oxygens (including phenoxy) is 1. The summed E-state index contributed by atoms with van der Waals surface area (Å²) in [5.41, 5.74) is 3.77. The van der Waals surface area contributed by atoms with E-state index in [1.165, 1.54) is 18.5 Å². The van der Waals surface area contributed by atoms with Crippen molar-refractivity contribution in [1.29, 1.82) is 0 Å². The lowest BCUT2D eigenvalue weighted by molar-refractivity contribution is 0.0691. The lowest BCUT2D eigenvalue weighted by atomic mass is 10.1. The Morgan fingerprint density at radius 3 is 2.71 bits per heavy atom. The Bertz CT molecular complexity index is 1550. The van der Waals surface area contributed by atoms with E-state index in [0.29, 0.717) is 27.8 Å². The fourth-order valence-corrected chi connectivity index (χ4v) is 3.88. The number of hydrogen-bond donors (Lipinski definition) is 3. The van der Waals surface area contributed by atoms with Gasteiger partial charge >= 0.3 is 5.97 Å². The quantitative estimate of drug-likeness (QED) is 0.244. The summed E-state index contributed by atoms with van der Waals surface area (Å²) in [6.45, 7) is 0.187. The largest absolute Gasteiger partial charge is 0.487 e. The highest BCUT2D eigenvalue weighted by Gasteiger charge is 2.11. The summed E-state index contributed by atoms with van der Waals surface area (Å²) in [6, 6.07) is 18.6. The molecule has 0 unspecified atom stereocenters. The number of H-pyrrole nitrogens is 1. The van der Waals surface area contributed by atoms with Crippen LogP contribution in [0.25, 0.3) is 22.0 Å². The van der Waals surface area contributed by atoms with E-state index < -0.39 is 5.97 Å². The smallest absolute Gasteiger partial charge is 0.352 e. The van der Waals surface area contributed by atoms with Gasteiger partial charge in [0.1, 0.15) is 36.0 Å². The third kappa shape index (κ3) is 4.92. The van der Waals surface area contributed by atoms with Crippen molar-refractivity contribution in [1.82, 2.24) is 15.0 Å². The first-order valence-electron chi connectivity index (χ1n) is 10.6. The fourth-order valence-electron chi connectivity index (χ4n) is 3.64. The Hall–Kier alpha value is -4.43. The number of hydrogen-bond acceptors (Lipinski definition) is 5. The average molecular weight is 489 g/mol. The van der Waals surface area contributed by atoms with E-state index in [1.807, 2.05) is 18.2 Å². The Labute approximate surface area is 204 Å². The lowest BCUT2D eigenvalue weighted by Crippen LogP contribution is -1.99. The summed E-state index contributed by atoms with van der Waals surface area (Å²) in [5, 5.41) is 13.6. The Kier molecular flexibility index (Phi) is 6.03. The van der Waals surface area contributed by atoms with Gasteiger partial charge in [0.15, 0.2) is 0 Å². The Morgan fingerprint density at radius 1 is 1.06 bits per heavy atom. The molecule has 9 heteroatoms. The molecular weight excluding hydrogens is 471 g/mol. The van der Waals surface area contributed by atoms with Gasteiger partial charge in [0, 0.05) is 22.8 Å². The number of halogens is 2. The highest BCUT2D eigenvalue weighted by Crippen LogP contribution is 2.32. The first kappa shape index (κ1) is 22.4. The predicted molar refractivity (Wildman–Crippen MR) is 132 cm³/mol. The maximum Gasteiger partial charge on any atom is 0.352 e. The van der Waals surface area contributed by atoms with Gasteiger partial charge in [0.05, 0.1) is 10.5 Å². The molecule has 0 radical (unpaired) electrons. The van der Waals surface area contributed by atoms with Gasteiger partial charge in [-0.2, -0.15) is 0 Å². The number of aromatic carboxylic acids is 1. The van der Waals surface area contributed by atoms with E-state index in [-0.39, 0.29) is 18.1 Å². The van der Waals surface area contributed by atoms with E-state index in [9.17, 15) is 14.3 Å². The van der Waals surface area contributed by atoms with Crippen LogP contribution in [0.2, 0.25) is 5.02 Å². The van der Waals surface area contributed by atoms with Crippen LogP contribution >= 0.6 is 11.6 Å². The van der Waals surface area contributed by atoms with Gasteiger partial charge in [0.2, 0.25) is 0 Å². The van der Waals surface area contributed by atoms with Crippen LogP contribution in [0.4, 0.5) is 15.9 Å².